The number of halogens is 2. The zero-order valence-corrected chi connectivity index (χ0v) is 10.3. The Morgan fingerprint density at radius 2 is 2.13 bits per heavy atom. The smallest absolute Gasteiger partial charge is 0.104 e. The van der Waals surface area contributed by atoms with Gasteiger partial charge in [0.05, 0.1) is 7.05 Å². The fraction of sp³-hybridized carbons (Fsp3) is 0.250. The van der Waals surface area contributed by atoms with Gasteiger partial charge in [0.15, 0.2) is 0 Å². The summed E-state index contributed by atoms with van der Waals surface area (Å²) >= 11 is 6.05. The van der Waals surface area contributed by atoms with Gasteiger partial charge in [-0.15, -0.1) is 5.73 Å². The van der Waals surface area contributed by atoms with Crippen molar-refractivity contribution in [1.29, 1.82) is 0 Å². The van der Waals surface area contributed by atoms with E-state index in [4.69, 9.17) is 11.6 Å². The SMILES string of the molecule is C=C=CC[NH+](C)Cc1ccccc1Cl.[Cl-]. The predicted molar refractivity (Wildman–Crippen MR) is 60.6 cm³/mol. The van der Waals surface area contributed by atoms with Gasteiger partial charge in [-0.1, -0.05) is 36.4 Å². The van der Waals surface area contributed by atoms with E-state index in [2.05, 4.69) is 25.4 Å². The molecule has 1 atom stereocenters. The van der Waals surface area contributed by atoms with Crippen LogP contribution in [-0.2, 0) is 6.54 Å². The van der Waals surface area contributed by atoms with Gasteiger partial charge in [0.25, 0.3) is 0 Å². The molecule has 0 spiro atoms. The van der Waals surface area contributed by atoms with Crippen molar-refractivity contribution < 1.29 is 17.3 Å². The minimum atomic E-state index is 0. The van der Waals surface area contributed by atoms with E-state index in [0.717, 1.165) is 18.1 Å². The molecule has 1 N–H and O–H groups in total. The van der Waals surface area contributed by atoms with Gasteiger partial charge < -0.3 is 17.3 Å². The molecular weight excluding hydrogens is 229 g/mol. The van der Waals surface area contributed by atoms with Crippen LogP contribution in [0.4, 0.5) is 0 Å². The van der Waals surface area contributed by atoms with E-state index in [1.807, 2.05) is 24.3 Å². The summed E-state index contributed by atoms with van der Waals surface area (Å²) in [5, 5.41) is 0.842. The predicted octanol–water partition coefficient (Wildman–Crippen LogP) is -1.30. The van der Waals surface area contributed by atoms with Crippen molar-refractivity contribution in [3.63, 3.8) is 0 Å². The molecule has 0 fully saturated rings. The highest BCUT2D eigenvalue weighted by atomic mass is 35.5. The number of hydrogen-bond donors (Lipinski definition) is 1. The number of benzene rings is 1. The van der Waals surface area contributed by atoms with Gasteiger partial charge >= 0.3 is 0 Å². The standard InChI is InChI=1S/C12H14ClN.ClH/c1-3-4-9-14(2)10-11-7-5-6-8-12(11)13;/h4-8H,1,9-10H2,2H3;1H. The van der Waals surface area contributed by atoms with E-state index < -0.39 is 0 Å². The van der Waals surface area contributed by atoms with Gasteiger partial charge in [-0.25, -0.2) is 0 Å². The van der Waals surface area contributed by atoms with Crippen LogP contribution in [0.1, 0.15) is 5.56 Å². The van der Waals surface area contributed by atoms with Gasteiger partial charge in [-0.2, -0.15) is 0 Å². The fourth-order valence-electron chi connectivity index (χ4n) is 1.29. The van der Waals surface area contributed by atoms with Gasteiger partial charge in [-0.3, -0.25) is 0 Å². The maximum absolute atomic E-state index is 6.05. The summed E-state index contributed by atoms with van der Waals surface area (Å²) in [6.45, 7) is 5.39. The van der Waals surface area contributed by atoms with Crippen molar-refractivity contribution in [1.82, 2.24) is 0 Å². The Balaban J connectivity index is 0.00000196. The van der Waals surface area contributed by atoms with Crippen LogP contribution in [0.2, 0.25) is 5.02 Å². The first-order valence-electron chi connectivity index (χ1n) is 4.63. The van der Waals surface area contributed by atoms with E-state index in [1.54, 1.807) is 0 Å². The second kappa shape index (κ2) is 7.56. The normalized spacial score (nSPS) is 11.1. The van der Waals surface area contributed by atoms with Crippen molar-refractivity contribution in [3.8, 4) is 0 Å². The number of hydrogen-bond acceptors (Lipinski definition) is 0. The quantitative estimate of drug-likeness (QED) is 0.628. The Kier molecular flexibility index (Phi) is 7.19. The Bertz CT molecular complexity index is 343. The highest BCUT2D eigenvalue weighted by molar-refractivity contribution is 6.31. The third kappa shape index (κ3) is 5.06. The third-order valence-corrected chi connectivity index (χ3v) is 2.41. The average Bonchev–Trinajstić information content (AvgIpc) is 2.18. The molecular formula is C12H15Cl2N. The van der Waals surface area contributed by atoms with E-state index in [-0.39, 0.29) is 12.4 Å². The molecule has 1 rings (SSSR count). The van der Waals surface area contributed by atoms with Gasteiger partial charge in [0, 0.05) is 16.7 Å². The summed E-state index contributed by atoms with van der Waals surface area (Å²) in [6, 6.07) is 7.94. The van der Waals surface area contributed by atoms with Crippen molar-refractivity contribution >= 4 is 11.6 Å². The Labute approximate surface area is 102 Å². The molecule has 3 heteroatoms. The molecule has 0 aliphatic rings. The van der Waals surface area contributed by atoms with E-state index in [0.29, 0.717) is 0 Å². The topological polar surface area (TPSA) is 4.44 Å². The van der Waals surface area contributed by atoms with Crippen LogP contribution >= 0.6 is 11.6 Å². The molecule has 0 aliphatic heterocycles. The molecule has 0 aromatic heterocycles. The van der Waals surface area contributed by atoms with E-state index >= 15 is 0 Å². The van der Waals surface area contributed by atoms with Gasteiger partial charge in [0.2, 0.25) is 0 Å². The van der Waals surface area contributed by atoms with Crippen LogP contribution in [0.3, 0.4) is 0 Å². The van der Waals surface area contributed by atoms with Crippen LogP contribution in [0.15, 0.2) is 42.7 Å². The zero-order valence-electron chi connectivity index (χ0n) is 8.76. The van der Waals surface area contributed by atoms with Crippen molar-refractivity contribution in [2.75, 3.05) is 13.6 Å². The van der Waals surface area contributed by atoms with Gasteiger partial charge in [-0.05, 0) is 6.07 Å². The zero-order chi connectivity index (χ0) is 10.4. The van der Waals surface area contributed by atoms with Crippen LogP contribution < -0.4 is 17.3 Å². The molecule has 1 unspecified atom stereocenters. The average molecular weight is 244 g/mol. The summed E-state index contributed by atoms with van der Waals surface area (Å²) in [6.07, 6.45) is 1.94. The lowest BCUT2D eigenvalue weighted by molar-refractivity contribution is -0.887. The van der Waals surface area contributed by atoms with Crippen LogP contribution in [0, 0.1) is 0 Å². The van der Waals surface area contributed by atoms with Crippen LogP contribution in [0.25, 0.3) is 0 Å². The second-order valence-corrected chi connectivity index (χ2v) is 3.74. The molecule has 82 valence electrons. The Hall–Kier alpha value is -0.720. The minimum absolute atomic E-state index is 0. The molecule has 0 aliphatic carbocycles. The number of quaternary nitrogens is 1. The molecule has 0 heterocycles. The Morgan fingerprint density at radius 1 is 1.47 bits per heavy atom. The maximum Gasteiger partial charge on any atom is 0.104 e. The van der Waals surface area contributed by atoms with E-state index in [9.17, 15) is 0 Å². The summed E-state index contributed by atoms with van der Waals surface area (Å²) < 4.78 is 0. The van der Waals surface area contributed by atoms with Crippen molar-refractivity contribution in [3.05, 3.63) is 53.2 Å². The third-order valence-electron chi connectivity index (χ3n) is 2.04. The molecule has 0 saturated carbocycles. The lowest BCUT2D eigenvalue weighted by atomic mass is 10.2. The molecule has 15 heavy (non-hydrogen) atoms. The Morgan fingerprint density at radius 3 is 2.73 bits per heavy atom. The van der Waals surface area contributed by atoms with E-state index in [1.165, 1.54) is 10.5 Å². The first-order valence-corrected chi connectivity index (χ1v) is 5.01. The summed E-state index contributed by atoms with van der Waals surface area (Å²) in [5.74, 6) is 0. The first-order chi connectivity index (χ1) is 6.74. The summed E-state index contributed by atoms with van der Waals surface area (Å²) in [4.78, 5) is 1.37. The lowest BCUT2D eigenvalue weighted by Gasteiger charge is -2.12. The molecule has 1 aromatic rings. The van der Waals surface area contributed by atoms with Crippen molar-refractivity contribution in [2.24, 2.45) is 0 Å². The summed E-state index contributed by atoms with van der Waals surface area (Å²) in [7, 11) is 2.12. The number of rotatable bonds is 4. The van der Waals surface area contributed by atoms with Crippen molar-refractivity contribution in [2.45, 2.75) is 6.54 Å². The van der Waals surface area contributed by atoms with Gasteiger partial charge in [0.1, 0.15) is 13.1 Å². The monoisotopic (exact) mass is 243 g/mol. The number of nitrogens with one attached hydrogen (secondary N) is 1. The second-order valence-electron chi connectivity index (χ2n) is 3.34. The first kappa shape index (κ1) is 14.3. The molecule has 0 radical (unpaired) electrons. The lowest BCUT2D eigenvalue weighted by Crippen LogP contribution is -3.07. The highest BCUT2D eigenvalue weighted by Crippen LogP contribution is 2.13. The molecule has 0 amide bonds. The molecule has 0 saturated heterocycles. The maximum atomic E-state index is 6.05. The highest BCUT2D eigenvalue weighted by Gasteiger charge is 2.04. The largest absolute Gasteiger partial charge is 1.00 e. The van der Waals surface area contributed by atoms with Crippen LogP contribution in [-0.4, -0.2) is 13.6 Å². The molecule has 0 bridgehead atoms. The summed E-state index contributed by atoms with van der Waals surface area (Å²) in [5.41, 5.74) is 3.95. The van der Waals surface area contributed by atoms with Crippen LogP contribution in [0.5, 0.6) is 0 Å². The minimum Gasteiger partial charge on any atom is -1.00 e. The molecule has 1 nitrogen and oxygen atoms in total. The fourth-order valence-corrected chi connectivity index (χ4v) is 1.49. The molecule has 1 aromatic carbocycles. The number of likely N-dealkylation sites (N-methyl/N-ethyl adjacent to an activating group) is 1.